The van der Waals surface area contributed by atoms with E-state index in [1.54, 1.807) is 20.1 Å². The summed E-state index contributed by atoms with van der Waals surface area (Å²) in [4.78, 5) is 22.9. The van der Waals surface area contributed by atoms with Crippen molar-refractivity contribution in [2.75, 3.05) is 13.7 Å². The van der Waals surface area contributed by atoms with Gasteiger partial charge < -0.3 is 18.9 Å². The minimum atomic E-state index is -0.606. The van der Waals surface area contributed by atoms with E-state index in [0.717, 1.165) is 16.9 Å². The maximum absolute atomic E-state index is 11.8. The first-order chi connectivity index (χ1) is 14.7. The van der Waals surface area contributed by atoms with Crippen LogP contribution < -0.4 is 4.74 Å². The fourth-order valence-electron chi connectivity index (χ4n) is 2.90. The number of ether oxygens (including phenoxy) is 4. The van der Waals surface area contributed by atoms with Gasteiger partial charge in [-0.1, -0.05) is 42.5 Å². The Morgan fingerprint density at radius 2 is 1.77 bits per heavy atom. The van der Waals surface area contributed by atoms with Gasteiger partial charge >= 0.3 is 5.97 Å². The molecule has 160 valence electrons. The third kappa shape index (κ3) is 8.09. The van der Waals surface area contributed by atoms with E-state index in [2.05, 4.69) is 0 Å². The molecule has 0 bridgehead atoms. The van der Waals surface area contributed by atoms with Crippen LogP contribution in [0.5, 0.6) is 5.75 Å². The van der Waals surface area contributed by atoms with Gasteiger partial charge in [-0.15, -0.1) is 0 Å². The Balaban J connectivity index is 2.10. The Morgan fingerprint density at radius 3 is 2.40 bits per heavy atom. The zero-order valence-electron chi connectivity index (χ0n) is 17.4. The van der Waals surface area contributed by atoms with Crippen LogP contribution in [0.2, 0.25) is 0 Å². The third-order valence-electron chi connectivity index (χ3n) is 4.47. The van der Waals surface area contributed by atoms with Gasteiger partial charge in [0.25, 0.3) is 6.47 Å². The normalized spacial score (nSPS) is 12.9. The summed E-state index contributed by atoms with van der Waals surface area (Å²) < 4.78 is 21.4. The summed E-state index contributed by atoms with van der Waals surface area (Å²) in [7, 11) is 1.61. The molecule has 0 unspecified atom stereocenters. The number of carbonyl (C=O) groups is 2. The fourth-order valence-corrected chi connectivity index (χ4v) is 2.90. The number of benzene rings is 2. The Labute approximate surface area is 177 Å². The molecule has 0 amide bonds. The molecule has 30 heavy (non-hydrogen) atoms. The maximum atomic E-state index is 11.8. The monoisotopic (exact) mass is 412 g/mol. The van der Waals surface area contributed by atoms with Crippen LogP contribution in [-0.4, -0.2) is 38.4 Å². The molecule has 0 saturated carbocycles. The lowest BCUT2D eigenvalue weighted by molar-refractivity contribution is -0.140. The summed E-state index contributed by atoms with van der Waals surface area (Å²) in [6, 6.07) is 17.4. The molecule has 0 aliphatic heterocycles. The lowest BCUT2D eigenvalue weighted by Gasteiger charge is -2.24. The van der Waals surface area contributed by atoms with Crippen molar-refractivity contribution in [3.63, 3.8) is 0 Å². The van der Waals surface area contributed by atoms with Gasteiger partial charge in [0.1, 0.15) is 18.0 Å². The number of hydrogen-bond donors (Lipinski definition) is 0. The SMILES string of the molecule is CCOC(=O)/C=C\[C@H](OCc1ccc(OC)cc1)[C@H](CCc1ccccc1)OC=O. The van der Waals surface area contributed by atoms with Crippen molar-refractivity contribution in [3.05, 3.63) is 77.9 Å². The first kappa shape index (κ1) is 23.2. The molecule has 6 heteroatoms. The van der Waals surface area contributed by atoms with E-state index in [1.807, 2.05) is 54.6 Å². The van der Waals surface area contributed by atoms with E-state index in [0.29, 0.717) is 19.3 Å². The average Bonchev–Trinajstić information content (AvgIpc) is 2.78. The van der Waals surface area contributed by atoms with Crippen LogP contribution in [0.1, 0.15) is 24.5 Å². The van der Waals surface area contributed by atoms with Crippen LogP contribution in [0, 0.1) is 0 Å². The number of esters is 1. The summed E-state index contributed by atoms with van der Waals surface area (Å²) in [5, 5.41) is 0. The van der Waals surface area contributed by atoms with Gasteiger partial charge in [-0.25, -0.2) is 4.79 Å². The second-order valence-electron chi connectivity index (χ2n) is 6.53. The maximum Gasteiger partial charge on any atom is 0.330 e. The molecule has 0 aliphatic carbocycles. The van der Waals surface area contributed by atoms with Gasteiger partial charge in [0, 0.05) is 6.08 Å². The van der Waals surface area contributed by atoms with Crippen molar-refractivity contribution < 1.29 is 28.5 Å². The highest BCUT2D eigenvalue weighted by atomic mass is 16.6. The molecule has 2 aromatic carbocycles. The van der Waals surface area contributed by atoms with Gasteiger partial charge in [0.15, 0.2) is 0 Å². The van der Waals surface area contributed by atoms with Crippen LogP contribution >= 0.6 is 0 Å². The molecule has 0 spiro atoms. The highest BCUT2D eigenvalue weighted by molar-refractivity contribution is 5.81. The predicted molar refractivity (Wildman–Crippen MR) is 113 cm³/mol. The van der Waals surface area contributed by atoms with Gasteiger partial charge in [-0.2, -0.15) is 0 Å². The standard InChI is InChI=1S/C24H28O6/c1-3-28-24(26)16-15-22(29-17-20-9-12-21(27-2)13-10-20)23(30-18-25)14-11-19-7-5-4-6-8-19/h4-10,12-13,15-16,18,22-23H,3,11,14,17H2,1-2H3/b16-15-/t22-,23-/m0/s1. The summed E-state index contributed by atoms with van der Waals surface area (Å²) in [6.07, 6.45) is 2.99. The first-order valence-corrected chi connectivity index (χ1v) is 9.88. The molecule has 0 aromatic heterocycles. The molecule has 0 radical (unpaired) electrons. The number of methoxy groups -OCH3 is 1. The molecule has 2 atom stereocenters. The number of aryl methyl sites for hydroxylation is 1. The molecule has 0 N–H and O–H groups in total. The molecule has 0 heterocycles. The minimum absolute atomic E-state index is 0.281. The third-order valence-corrected chi connectivity index (χ3v) is 4.47. The van der Waals surface area contributed by atoms with Gasteiger partial charge in [-0.05, 0) is 49.1 Å². The largest absolute Gasteiger partial charge is 0.497 e. The Bertz CT molecular complexity index is 785. The molecule has 2 rings (SSSR count). The quantitative estimate of drug-likeness (QED) is 0.283. The van der Waals surface area contributed by atoms with Gasteiger partial charge in [-0.3, -0.25) is 4.79 Å². The number of hydrogen-bond acceptors (Lipinski definition) is 6. The predicted octanol–water partition coefficient (Wildman–Crippen LogP) is 3.87. The van der Waals surface area contributed by atoms with E-state index in [1.165, 1.54) is 6.08 Å². The fraction of sp³-hybridized carbons (Fsp3) is 0.333. The van der Waals surface area contributed by atoms with Crippen LogP contribution in [-0.2, 0) is 36.8 Å². The van der Waals surface area contributed by atoms with Crippen LogP contribution in [0.15, 0.2) is 66.7 Å². The second-order valence-corrected chi connectivity index (χ2v) is 6.53. The average molecular weight is 412 g/mol. The molecule has 6 nitrogen and oxygen atoms in total. The molecule has 0 aliphatic rings. The van der Waals surface area contributed by atoms with Crippen LogP contribution in [0.4, 0.5) is 0 Å². The lowest BCUT2D eigenvalue weighted by atomic mass is 10.0. The van der Waals surface area contributed by atoms with Gasteiger partial charge in [0.05, 0.1) is 20.3 Å². The molecular weight excluding hydrogens is 384 g/mol. The van der Waals surface area contributed by atoms with Crippen molar-refractivity contribution in [1.82, 2.24) is 0 Å². The van der Waals surface area contributed by atoms with Crippen LogP contribution in [0.25, 0.3) is 0 Å². The molecular formula is C24H28O6. The van der Waals surface area contributed by atoms with Crippen molar-refractivity contribution in [2.45, 2.75) is 38.6 Å². The summed E-state index contributed by atoms with van der Waals surface area (Å²) in [5.74, 6) is 0.283. The zero-order chi connectivity index (χ0) is 21.6. The molecule has 2 aromatic rings. The second kappa shape index (κ2) is 13.2. The van der Waals surface area contributed by atoms with Crippen molar-refractivity contribution in [2.24, 2.45) is 0 Å². The topological polar surface area (TPSA) is 71.1 Å². The highest BCUT2D eigenvalue weighted by Crippen LogP contribution is 2.17. The minimum Gasteiger partial charge on any atom is -0.497 e. The molecule has 0 fully saturated rings. The number of carbonyl (C=O) groups excluding carboxylic acids is 2. The first-order valence-electron chi connectivity index (χ1n) is 9.88. The Morgan fingerprint density at radius 1 is 1.03 bits per heavy atom. The van der Waals surface area contributed by atoms with E-state index < -0.39 is 18.2 Å². The van der Waals surface area contributed by atoms with Crippen molar-refractivity contribution in [3.8, 4) is 5.75 Å². The smallest absolute Gasteiger partial charge is 0.330 e. The zero-order valence-corrected chi connectivity index (χ0v) is 17.4. The number of rotatable bonds is 13. The Kier molecular flexibility index (Phi) is 10.2. The Hall–Kier alpha value is -3.12. The van der Waals surface area contributed by atoms with Crippen molar-refractivity contribution in [1.29, 1.82) is 0 Å². The lowest BCUT2D eigenvalue weighted by Crippen LogP contribution is -2.31. The summed E-state index contributed by atoms with van der Waals surface area (Å²) in [5.41, 5.74) is 2.05. The summed E-state index contributed by atoms with van der Waals surface area (Å²) >= 11 is 0. The van der Waals surface area contributed by atoms with E-state index >= 15 is 0 Å². The highest BCUT2D eigenvalue weighted by Gasteiger charge is 2.22. The van der Waals surface area contributed by atoms with E-state index in [-0.39, 0.29) is 13.2 Å². The molecule has 0 saturated heterocycles. The van der Waals surface area contributed by atoms with E-state index in [4.69, 9.17) is 18.9 Å². The van der Waals surface area contributed by atoms with Gasteiger partial charge in [0.2, 0.25) is 0 Å². The van der Waals surface area contributed by atoms with E-state index in [9.17, 15) is 9.59 Å². The van der Waals surface area contributed by atoms with Crippen LogP contribution in [0.3, 0.4) is 0 Å². The summed E-state index contributed by atoms with van der Waals surface area (Å²) in [6.45, 7) is 2.72. The van der Waals surface area contributed by atoms with Crippen molar-refractivity contribution >= 4 is 12.4 Å².